The number of rotatable bonds is 7. The molecule has 0 radical (unpaired) electrons. The van der Waals surface area contributed by atoms with Crippen molar-refractivity contribution in [2.45, 2.75) is 20.0 Å². The fourth-order valence-corrected chi connectivity index (χ4v) is 2.55. The molecule has 2 aromatic heterocycles. The summed E-state index contributed by atoms with van der Waals surface area (Å²) in [6.45, 7) is 11.3. The molecule has 2 aromatic rings. The van der Waals surface area contributed by atoms with Gasteiger partial charge in [0.1, 0.15) is 0 Å². The molecule has 2 rings (SSSR count). The zero-order valence-electron chi connectivity index (χ0n) is 13.3. The molecule has 0 aliphatic carbocycles. The largest absolute Gasteiger partial charge is 0.478 e. The topological polar surface area (TPSA) is 63.3 Å². The number of hydrogen-bond acceptors (Lipinski definition) is 3. The first-order valence-electron chi connectivity index (χ1n) is 7.21. The summed E-state index contributed by atoms with van der Waals surface area (Å²) < 4.78 is 7.81. The Morgan fingerprint density at radius 1 is 1.57 bits per heavy atom. The molecule has 0 aliphatic heterocycles. The van der Waals surface area contributed by atoms with Crippen molar-refractivity contribution < 1.29 is 14.6 Å². The van der Waals surface area contributed by atoms with Gasteiger partial charge in [-0.1, -0.05) is 6.58 Å². The predicted octanol–water partition coefficient (Wildman–Crippen LogP) is 3.79. The lowest BCUT2D eigenvalue weighted by atomic mass is 10.0. The fraction of sp³-hybridized carbons (Fsp3) is 0.222. The van der Waals surface area contributed by atoms with Gasteiger partial charge in [0, 0.05) is 17.9 Å². The minimum absolute atomic E-state index is 0.286. The van der Waals surface area contributed by atoms with E-state index in [1.807, 2.05) is 29.7 Å². The molecule has 0 saturated heterocycles. The van der Waals surface area contributed by atoms with E-state index in [9.17, 15) is 9.90 Å². The molecule has 1 atom stereocenters. The molecule has 0 aromatic carbocycles. The summed E-state index contributed by atoms with van der Waals surface area (Å²) in [6, 6.07) is 5.43. The predicted molar refractivity (Wildman–Crippen MR) is 91.3 cm³/mol. The molecule has 1 unspecified atom stereocenters. The Bertz CT molecular complexity index is 787. The van der Waals surface area contributed by atoms with Crippen molar-refractivity contribution >= 4 is 18.2 Å². The Balaban J connectivity index is 2.34. The summed E-state index contributed by atoms with van der Waals surface area (Å²) in [4.78, 5) is 15.1. The highest BCUT2D eigenvalue weighted by Gasteiger charge is 2.19. The summed E-state index contributed by atoms with van der Waals surface area (Å²) in [5.41, 5.74) is 3.40. The highest BCUT2D eigenvalue weighted by atomic mass is 16.5. The van der Waals surface area contributed by atoms with Gasteiger partial charge in [-0.15, -0.1) is 0 Å². The zero-order valence-corrected chi connectivity index (χ0v) is 13.3. The Kier molecular flexibility index (Phi) is 5.13. The van der Waals surface area contributed by atoms with Crippen LogP contribution in [0.4, 0.5) is 0 Å². The summed E-state index contributed by atoms with van der Waals surface area (Å²) in [5, 5.41) is 9.39. The number of carboxylic acid groups (broad SMARTS) is 1. The van der Waals surface area contributed by atoms with Gasteiger partial charge in [0.05, 0.1) is 24.0 Å². The second-order valence-corrected chi connectivity index (χ2v) is 5.29. The lowest BCUT2D eigenvalue weighted by Gasteiger charge is -2.20. The summed E-state index contributed by atoms with van der Waals surface area (Å²) in [6.07, 6.45) is 4.90. The number of aromatic carboxylic acids is 1. The van der Waals surface area contributed by atoms with Gasteiger partial charge in [-0.3, -0.25) is 4.99 Å². The van der Waals surface area contributed by atoms with Gasteiger partial charge in [0.2, 0.25) is 0 Å². The van der Waals surface area contributed by atoms with Crippen molar-refractivity contribution in [1.82, 2.24) is 4.40 Å². The van der Waals surface area contributed by atoms with E-state index in [1.165, 1.54) is 0 Å². The van der Waals surface area contributed by atoms with E-state index in [1.54, 1.807) is 25.3 Å². The Hall–Kier alpha value is -2.66. The van der Waals surface area contributed by atoms with Crippen LogP contribution in [-0.4, -0.2) is 28.8 Å². The quantitative estimate of drug-likeness (QED) is 0.625. The van der Waals surface area contributed by atoms with E-state index in [2.05, 4.69) is 18.3 Å². The smallest absolute Gasteiger partial charge is 0.336 e. The van der Waals surface area contributed by atoms with Crippen LogP contribution in [0.1, 0.15) is 34.6 Å². The summed E-state index contributed by atoms with van der Waals surface area (Å²) in [7, 11) is 0. The van der Waals surface area contributed by atoms with Gasteiger partial charge in [-0.05, 0) is 56.0 Å². The highest BCUT2D eigenvalue weighted by Crippen LogP contribution is 2.26. The van der Waals surface area contributed by atoms with Crippen molar-refractivity contribution in [3.8, 4) is 0 Å². The maximum Gasteiger partial charge on any atom is 0.336 e. The molecule has 5 heteroatoms. The van der Waals surface area contributed by atoms with Gasteiger partial charge in [0.15, 0.2) is 0 Å². The Morgan fingerprint density at radius 3 is 2.96 bits per heavy atom. The molecular weight excluding hydrogens is 292 g/mol. The molecular formula is C18H20N2O3. The van der Waals surface area contributed by atoms with Crippen LogP contribution >= 0.6 is 0 Å². The second-order valence-electron chi connectivity index (χ2n) is 5.29. The van der Waals surface area contributed by atoms with Gasteiger partial charge < -0.3 is 14.2 Å². The number of aromatic nitrogens is 1. The monoisotopic (exact) mass is 312 g/mol. The molecule has 0 spiro atoms. The van der Waals surface area contributed by atoms with E-state index in [-0.39, 0.29) is 11.7 Å². The van der Waals surface area contributed by atoms with Crippen LogP contribution in [0.3, 0.4) is 0 Å². The minimum Gasteiger partial charge on any atom is -0.478 e. The number of nitrogens with zero attached hydrogens (tertiary/aromatic N) is 2. The molecule has 0 saturated carbocycles. The van der Waals surface area contributed by atoms with Crippen LogP contribution < -0.4 is 0 Å². The van der Waals surface area contributed by atoms with Crippen LogP contribution in [0.2, 0.25) is 0 Å². The van der Waals surface area contributed by atoms with Crippen molar-refractivity contribution in [2.75, 3.05) is 6.61 Å². The van der Waals surface area contributed by atoms with E-state index >= 15 is 0 Å². The Labute approximate surface area is 135 Å². The molecule has 1 N–H and O–H groups in total. The maximum atomic E-state index is 11.5. The first-order chi connectivity index (χ1) is 11.0. The molecule has 0 fully saturated rings. The first-order valence-corrected chi connectivity index (χ1v) is 7.21. The van der Waals surface area contributed by atoms with E-state index in [0.717, 1.165) is 16.8 Å². The Morgan fingerprint density at radius 2 is 2.30 bits per heavy atom. The minimum atomic E-state index is -0.941. The van der Waals surface area contributed by atoms with Crippen LogP contribution in [0.5, 0.6) is 0 Å². The average Bonchev–Trinajstić information content (AvgIpc) is 2.97. The molecule has 5 nitrogen and oxygen atoms in total. The third-order valence-corrected chi connectivity index (χ3v) is 3.67. The van der Waals surface area contributed by atoms with Crippen molar-refractivity contribution in [3.63, 3.8) is 0 Å². The SMILES string of the molecule is C=N/C=C\C(=C)COC(C)c1c(C)c(C(=O)O)cc2cccn12. The lowest BCUT2D eigenvalue weighted by Crippen LogP contribution is -2.13. The van der Waals surface area contributed by atoms with E-state index in [0.29, 0.717) is 12.2 Å². The number of carboxylic acids is 1. The normalized spacial score (nSPS) is 12.6. The zero-order chi connectivity index (χ0) is 17.0. The standard InChI is InChI=1S/C18H20N2O3/c1-12(7-8-19-4)11-23-14(3)17-13(2)16(18(21)22)10-15-6-5-9-20(15)17/h5-10,14H,1,4,11H2,2-3H3,(H,21,22)/b8-7-. The van der Waals surface area contributed by atoms with Gasteiger partial charge in [-0.25, -0.2) is 4.79 Å². The first kappa shape index (κ1) is 16.7. The van der Waals surface area contributed by atoms with Crippen LogP contribution in [0, 0.1) is 6.92 Å². The summed E-state index contributed by atoms with van der Waals surface area (Å²) in [5.74, 6) is -0.941. The number of ether oxygens (including phenoxy) is 1. The number of fused-ring (bicyclic) bond motifs is 1. The molecule has 2 heterocycles. The van der Waals surface area contributed by atoms with Gasteiger partial charge >= 0.3 is 5.97 Å². The second kappa shape index (κ2) is 7.07. The van der Waals surface area contributed by atoms with Crippen molar-refractivity contribution in [1.29, 1.82) is 0 Å². The lowest BCUT2D eigenvalue weighted by molar-refractivity contribution is 0.0692. The van der Waals surface area contributed by atoms with E-state index < -0.39 is 5.97 Å². The van der Waals surface area contributed by atoms with Crippen molar-refractivity contribution in [2.24, 2.45) is 4.99 Å². The summed E-state index contributed by atoms with van der Waals surface area (Å²) >= 11 is 0. The molecule has 120 valence electrons. The fourth-order valence-electron chi connectivity index (χ4n) is 2.55. The van der Waals surface area contributed by atoms with Gasteiger partial charge in [0.25, 0.3) is 0 Å². The average molecular weight is 312 g/mol. The maximum absolute atomic E-state index is 11.5. The third-order valence-electron chi connectivity index (χ3n) is 3.67. The van der Waals surface area contributed by atoms with Crippen LogP contribution in [0.25, 0.3) is 5.52 Å². The van der Waals surface area contributed by atoms with Crippen LogP contribution in [-0.2, 0) is 4.74 Å². The van der Waals surface area contributed by atoms with E-state index in [4.69, 9.17) is 4.74 Å². The van der Waals surface area contributed by atoms with Crippen molar-refractivity contribution in [3.05, 3.63) is 65.6 Å². The molecule has 0 amide bonds. The third kappa shape index (κ3) is 3.57. The number of carbonyl (C=O) groups is 1. The number of aliphatic imine (C=N–C) groups is 1. The molecule has 0 bridgehead atoms. The molecule has 0 aliphatic rings. The molecule has 23 heavy (non-hydrogen) atoms. The highest BCUT2D eigenvalue weighted by molar-refractivity contribution is 5.91. The number of pyridine rings is 1. The van der Waals surface area contributed by atoms with Gasteiger partial charge in [-0.2, -0.15) is 0 Å². The number of hydrogen-bond donors (Lipinski definition) is 1. The van der Waals surface area contributed by atoms with Crippen LogP contribution in [0.15, 0.2) is 53.8 Å².